The van der Waals surface area contributed by atoms with Gasteiger partial charge >= 0.3 is 0 Å². The van der Waals surface area contributed by atoms with Crippen molar-refractivity contribution in [3.05, 3.63) is 40.8 Å². The number of pyridine rings is 1. The number of hydrogen-bond acceptors (Lipinski definition) is 3. The highest BCUT2D eigenvalue weighted by atomic mass is 35.5. The number of nitrogens with zero attached hydrogens (tertiary/aromatic N) is 3. The second-order valence-electron chi connectivity index (χ2n) is 4.22. The number of aryl methyl sites for hydroxylation is 1. The quantitative estimate of drug-likeness (QED) is 0.742. The second-order valence-corrected chi connectivity index (χ2v) is 4.66. The summed E-state index contributed by atoms with van der Waals surface area (Å²) in [6.45, 7) is 0. The Morgan fingerprint density at radius 1 is 1.44 bits per heavy atom. The molecule has 92 valence electrons. The van der Waals surface area contributed by atoms with Gasteiger partial charge in [0.2, 0.25) is 0 Å². The number of nitrogens with one attached hydrogen (secondary N) is 1. The molecule has 0 saturated heterocycles. The van der Waals surface area contributed by atoms with Crippen LogP contribution in [0, 0.1) is 0 Å². The molecule has 3 N–H and O–H groups in total. The summed E-state index contributed by atoms with van der Waals surface area (Å²) in [4.78, 5) is 7.37. The molecule has 5 nitrogen and oxygen atoms in total. The predicted molar refractivity (Wildman–Crippen MR) is 71.5 cm³/mol. The van der Waals surface area contributed by atoms with Crippen molar-refractivity contribution in [3.63, 3.8) is 0 Å². The van der Waals surface area contributed by atoms with E-state index in [0.717, 1.165) is 28.7 Å². The van der Waals surface area contributed by atoms with Crippen LogP contribution in [0.1, 0.15) is 11.3 Å². The smallest absolute Gasteiger partial charge is 0.145 e. The van der Waals surface area contributed by atoms with Gasteiger partial charge in [-0.3, -0.25) is 4.68 Å². The van der Waals surface area contributed by atoms with Crippen LogP contribution in [-0.4, -0.2) is 19.7 Å². The molecule has 0 amide bonds. The molecule has 0 aliphatic rings. The van der Waals surface area contributed by atoms with Crippen molar-refractivity contribution in [3.8, 4) is 0 Å². The molecule has 0 fully saturated rings. The van der Waals surface area contributed by atoms with Gasteiger partial charge in [0.1, 0.15) is 11.5 Å². The summed E-state index contributed by atoms with van der Waals surface area (Å²) < 4.78 is 1.78. The number of halogens is 1. The third kappa shape index (κ3) is 1.82. The zero-order valence-electron chi connectivity index (χ0n) is 9.81. The zero-order chi connectivity index (χ0) is 12.7. The number of anilines is 1. The van der Waals surface area contributed by atoms with Gasteiger partial charge in [0.25, 0.3) is 0 Å². The Hall–Kier alpha value is -2.01. The standard InChI is InChI=1S/C12H12ClN5/c1-18-9(4-11(14)17-18)2-7-5-15-12-10(7)3-8(13)6-16-12/h3-6H,2H2,1H3,(H2,14,17)(H,15,16). The Balaban J connectivity index is 2.05. The molecule has 3 aromatic heterocycles. The highest BCUT2D eigenvalue weighted by Gasteiger charge is 2.09. The fourth-order valence-corrected chi connectivity index (χ4v) is 2.23. The van der Waals surface area contributed by atoms with E-state index in [1.165, 1.54) is 0 Å². The lowest BCUT2D eigenvalue weighted by molar-refractivity contribution is 0.728. The minimum Gasteiger partial charge on any atom is -0.382 e. The van der Waals surface area contributed by atoms with Crippen molar-refractivity contribution in [1.29, 1.82) is 0 Å². The van der Waals surface area contributed by atoms with Crippen molar-refractivity contribution in [2.75, 3.05) is 5.73 Å². The van der Waals surface area contributed by atoms with Gasteiger partial charge in [-0.1, -0.05) is 11.6 Å². The normalized spacial score (nSPS) is 11.2. The molecule has 0 aromatic carbocycles. The first kappa shape index (κ1) is 11.1. The first-order valence-corrected chi connectivity index (χ1v) is 5.91. The minimum atomic E-state index is 0.531. The van der Waals surface area contributed by atoms with Crippen molar-refractivity contribution < 1.29 is 0 Å². The summed E-state index contributed by atoms with van der Waals surface area (Å²) in [5, 5.41) is 5.79. The van der Waals surface area contributed by atoms with Gasteiger partial charge in [-0.25, -0.2) is 4.98 Å². The maximum atomic E-state index is 5.97. The number of H-pyrrole nitrogens is 1. The van der Waals surface area contributed by atoms with E-state index in [1.54, 1.807) is 10.9 Å². The zero-order valence-corrected chi connectivity index (χ0v) is 10.6. The number of nitrogen functional groups attached to an aromatic ring is 1. The van der Waals surface area contributed by atoms with Crippen molar-refractivity contribution in [2.24, 2.45) is 7.05 Å². The Bertz CT molecular complexity index is 712. The number of aromatic nitrogens is 4. The average molecular weight is 262 g/mol. The molecule has 0 aliphatic heterocycles. The average Bonchev–Trinajstić information content (AvgIpc) is 2.84. The molecule has 0 radical (unpaired) electrons. The van der Waals surface area contributed by atoms with Crippen LogP contribution in [0.25, 0.3) is 11.0 Å². The van der Waals surface area contributed by atoms with E-state index in [4.69, 9.17) is 17.3 Å². The third-order valence-corrected chi connectivity index (χ3v) is 3.16. The molecule has 3 aromatic rings. The number of nitrogens with two attached hydrogens (primary N) is 1. The van der Waals surface area contributed by atoms with Gasteiger partial charge in [-0.2, -0.15) is 5.10 Å². The summed E-state index contributed by atoms with van der Waals surface area (Å²) >= 11 is 5.97. The molecule has 3 heterocycles. The molecule has 18 heavy (non-hydrogen) atoms. The van der Waals surface area contributed by atoms with E-state index < -0.39 is 0 Å². The lowest BCUT2D eigenvalue weighted by atomic mass is 10.1. The van der Waals surface area contributed by atoms with Crippen LogP contribution in [0.2, 0.25) is 5.02 Å². The first-order chi connectivity index (χ1) is 8.63. The summed E-state index contributed by atoms with van der Waals surface area (Å²) in [6, 6.07) is 3.78. The SMILES string of the molecule is Cn1nc(N)cc1Cc1c[nH]c2ncc(Cl)cc12. The van der Waals surface area contributed by atoms with Crippen LogP contribution in [0.3, 0.4) is 0 Å². The monoisotopic (exact) mass is 261 g/mol. The van der Waals surface area contributed by atoms with Crippen LogP contribution in [0.5, 0.6) is 0 Å². The molecule has 0 unspecified atom stereocenters. The maximum Gasteiger partial charge on any atom is 0.145 e. The number of fused-ring (bicyclic) bond motifs is 1. The van der Waals surface area contributed by atoms with Crippen molar-refractivity contribution >= 4 is 28.5 Å². The van der Waals surface area contributed by atoms with E-state index in [2.05, 4.69) is 15.1 Å². The third-order valence-electron chi connectivity index (χ3n) is 2.95. The summed E-state index contributed by atoms with van der Waals surface area (Å²) in [6.07, 6.45) is 4.31. The van der Waals surface area contributed by atoms with E-state index in [-0.39, 0.29) is 0 Å². The van der Waals surface area contributed by atoms with Crippen molar-refractivity contribution in [2.45, 2.75) is 6.42 Å². The van der Waals surface area contributed by atoms with Gasteiger partial charge in [-0.15, -0.1) is 0 Å². The van der Waals surface area contributed by atoms with E-state index in [9.17, 15) is 0 Å². The van der Waals surface area contributed by atoms with Crippen LogP contribution in [0.4, 0.5) is 5.82 Å². The topological polar surface area (TPSA) is 72.5 Å². The molecule has 0 spiro atoms. The van der Waals surface area contributed by atoms with Crippen LogP contribution in [-0.2, 0) is 13.5 Å². The summed E-state index contributed by atoms with van der Waals surface area (Å²) in [7, 11) is 1.88. The summed E-state index contributed by atoms with van der Waals surface area (Å²) in [5.74, 6) is 0.531. The van der Waals surface area contributed by atoms with E-state index in [0.29, 0.717) is 10.8 Å². The maximum absolute atomic E-state index is 5.97. The Kier molecular flexibility index (Phi) is 2.48. The Morgan fingerprint density at radius 2 is 2.28 bits per heavy atom. The highest BCUT2D eigenvalue weighted by Crippen LogP contribution is 2.22. The van der Waals surface area contributed by atoms with Crippen molar-refractivity contribution in [1.82, 2.24) is 19.7 Å². The van der Waals surface area contributed by atoms with Crippen LogP contribution >= 0.6 is 11.6 Å². The summed E-state index contributed by atoms with van der Waals surface area (Å²) in [5.41, 5.74) is 8.69. The van der Waals surface area contributed by atoms with Gasteiger partial charge < -0.3 is 10.7 Å². The number of rotatable bonds is 2. The molecule has 0 bridgehead atoms. The molecular weight excluding hydrogens is 250 g/mol. The molecule has 6 heteroatoms. The lowest BCUT2D eigenvalue weighted by Gasteiger charge is -2.00. The molecular formula is C12H12ClN5. The number of hydrogen-bond donors (Lipinski definition) is 2. The molecule has 0 saturated carbocycles. The van der Waals surface area contributed by atoms with E-state index >= 15 is 0 Å². The Morgan fingerprint density at radius 3 is 3.00 bits per heavy atom. The van der Waals surface area contributed by atoms with Gasteiger partial charge in [0, 0.05) is 43.0 Å². The van der Waals surface area contributed by atoms with Crippen LogP contribution < -0.4 is 5.73 Å². The minimum absolute atomic E-state index is 0.531. The molecule has 0 aliphatic carbocycles. The van der Waals surface area contributed by atoms with Crippen LogP contribution in [0.15, 0.2) is 24.5 Å². The second kappa shape index (κ2) is 4.03. The lowest BCUT2D eigenvalue weighted by Crippen LogP contribution is -1.99. The largest absolute Gasteiger partial charge is 0.382 e. The Labute approximate surface area is 109 Å². The highest BCUT2D eigenvalue weighted by molar-refractivity contribution is 6.31. The fraction of sp³-hybridized carbons (Fsp3) is 0.167. The number of aromatic amines is 1. The fourth-order valence-electron chi connectivity index (χ4n) is 2.07. The first-order valence-electron chi connectivity index (χ1n) is 5.53. The molecule has 3 rings (SSSR count). The van der Waals surface area contributed by atoms with Gasteiger partial charge in [-0.05, 0) is 11.6 Å². The van der Waals surface area contributed by atoms with E-state index in [1.807, 2.05) is 25.4 Å². The van der Waals surface area contributed by atoms with Gasteiger partial charge in [0.15, 0.2) is 0 Å². The van der Waals surface area contributed by atoms with Gasteiger partial charge in [0.05, 0.1) is 5.02 Å². The molecule has 0 atom stereocenters. The predicted octanol–water partition coefficient (Wildman–Crippen LogP) is 2.12.